The van der Waals surface area contributed by atoms with Crippen LogP contribution in [-0.4, -0.2) is 19.2 Å². The lowest BCUT2D eigenvalue weighted by molar-refractivity contribution is 0.596. The Bertz CT molecular complexity index is 1140. The molecular weight excluding hydrogens is 392 g/mol. The Labute approximate surface area is 171 Å². The van der Waals surface area contributed by atoms with E-state index in [1.807, 2.05) is 49.5 Å². The quantitative estimate of drug-likeness (QED) is 0.554. The van der Waals surface area contributed by atoms with Gasteiger partial charge in [0.1, 0.15) is 0 Å². The summed E-state index contributed by atoms with van der Waals surface area (Å²) >= 11 is 6.13. The monoisotopic (exact) mass is 414 g/mol. The molecule has 0 saturated heterocycles. The van der Waals surface area contributed by atoms with Crippen molar-refractivity contribution in [3.05, 3.63) is 69.9 Å². The molecule has 1 heterocycles. The lowest BCUT2D eigenvalue weighted by Crippen LogP contribution is -2.07. The zero-order valence-electron chi connectivity index (χ0n) is 16.0. The Morgan fingerprint density at radius 3 is 2.68 bits per heavy atom. The molecular formula is C22H23ClN2O2S. The Kier molecular flexibility index (Phi) is 6.12. The Hall–Kier alpha value is -2.29. The van der Waals surface area contributed by atoms with E-state index in [4.69, 9.17) is 16.9 Å². The molecule has 1 unspecified atom stereocenters. The normalized spacial score (nSPS) is 12.8. The predicted molar refractivity (Wildman–Crippen MR) is 114 cm³/mol. The lowest BCUT2D eigenvalue weighted by atomic mass is 9.85. The van der Waals surface area contributed by atoms with Gasteiger partial charge in [-0.05, 0) is 47.7 Å². The molecule has 4 nitrogen and oxygen atoms in total. The zero-order valence-corrected chi connectivity index (χ0v) is 17.6. The van der Waals surface area contributed by atoms with Crippen molar-refractivity contribution >= 4 is 32.3 Å². The Morgan fingerprint density at radius 2 is 2.00 bits per heavy atom. The van der Waals surface area contributed by atoms with Gasteiger partial charge < -0.3 is 4.98 Å². The Morgan fingerprint density at radius 1 is 1.21 bits per heavy atom. The van der Waals surface area contributed by atoms with Crippen LogP contribution in [0.4, 0.5) is 0 Å². The maximum absolute atomic E-state index is 12.1. The van der Waals surface area contributed by atoms with Gasteiger partial charge in [0.25, 0.3) is 0 Å². The van der Waals surface area contributed by atoms with Gasteiger partial charge in [-0.2, -0.15) is 5.26 Å². The minimum Gasteiger partial charge on any atom is -0.361 e. The average molecular weight is 415 g/mol. The van der Waals surface area contributed by atoms with Crippen LogP contribution in [0, 0.1) is 18.3 Å². The molecule has 2 aromatic carbocycles. The molecule has 3 rings (SSSR count). The summed E-state index contributed by atoms with van der Waals surface area (Å²) in [7, 11) is -3.13. The van der Waals surface area contributed by atoms with Gasteiger partial charge in [0.2, 0.25) is 0 Å². The number of benzene rings is 2. The van der Waals surface area contributed by atoms with E-state index >= 15 is 0 Å². The van der Waals surface area contributed by atoms with Crippen molar-refractivity contribution in [3.8, 4) is 6.07 Å². The maximum Gasteiger partial charge on any atom is 0.154 e. The topological polar surface area (TPSA) is 73.7 Å². The summed E-state index contributed by atoms with van der Waals surface area (Å²) < 4.78 is 24.3. The molecule has 1 N–H and O–H groups in total. The summed E-state index contributed by atoms with van der Waals surface area (Å²) in [6.45, 7) is 3.69. The molecule has 0 saturated carbocycles. The fourth-order valence-corrected chi connectivity index (χ4v) is 4.85. The highest BCUT2D eigenvalue weighted by Crippen LogP contribution is 2.37. The van der Waals surface area contributed by atoms with Gasteiger partial charge in [-0.3, -0.25) is 0 Å². The molecule has 0 aliphatic carbocycles. The number of aromatic nitrogens is 1. The number of aryl methyl sites for hydroxylation is 1. The highest BCUT2D eigenvalue weighted by atomic mass is 35.5. The number of nitrogens with zero attached hydrogens (tertiary/aromatic N) is 1. The molecule has 0 bridgehead atoms. The third-order valence-electron chi connectivity index (χ3n) is 5.18. The number of H-pyrrole nitrogens is 1. The van der Waals surface area contributed by atoms with Crippen molar-refractivity contribution in [2.75, 3.05) is 5.75 Å². The second-order valence-electron chi connectivity index (χ2n) is 7.01. The standard InChI is InChI=1S/C22H23ClN2O2S/c1-3-28(26,27)14-16-6-4-7-20-21(13-25-22(16)20)19(8-5-11-24)18-10-9-17(23)12-15(18)2/h4,6-7,9-10,12-13,19,25H,3,5,8,14H2,1-2H3. The second-order valence-corrected chi connectivity index (χ2v) is 9.80. The van der Waals surface area contributed by atoms with Gasteiger partial charge in [0.15, 0.2) is 9.84 Å². The van der Waals surface area contributed by atoms with E-state index in [1.54, 1.807) is 6.92 Å². The minimum absolute atomic E-state index is 0.0175. The largest absolute Gasteiger partial charge is 0.361 e. The van der Waals surface area contributed by atoms with Crippen molar-refractivity contribution in [2.24, 2.45) is 0 Å². The van der Waals surface area contributed by atoms with Gasteiger partial charge in [0.05, 0.1) is 11.8 Å². The number of aromatic amines is 1. The SMILES string of the molecule is CCS(=O)(=O)Cc1cccc2c(C(CCC#N)c3ccc(Cl)cc3C)c[nH]c12. The van der Waals surface area contributed by atoms with E-state index in [0.717, 1.165) is 33.2 Å². The van der Waals surface area contributed by atoms with Crippen LogP contribution in [0.25, 0.3) is 10.9 Å². The summed E-state index contributed by atoms with van der Waals surface area (Å²) in [4.78, 5) is 3.29. The number of rotatable bonds is 7. The van der Waals surface area contributed by atoms with Gasteiger partial charge in [0, 0.05) is 40.2 Å². The fourth-order valence-electron chi connectivity index (χ4n) is 3.70. The summed E-state index contributed by atoms with van der Waals surface area (Å²) in [5.41, 5.74) is 4.91. The number of halogens is 1. The molecule has 146 valence electrons. The first-order valence-corrected chi connectivity index (χ1v) is 11.5. The average Bonchev–Trinajstić information content (AvgIpc) is 3.08. The molecule has 0 radical (unpaired) electrons. The van der Waals surface area contributed by atoms with Crippen LogP contribution >= 0.6 is 11.6 Å². The summed E-state index contributed by atoms with van der Waals surface area (Å²) in [5.74, 6) is 0.165. The molecule has 0 fully saturated rings. The van der Waals surface area contributed by atoms with Crippen LogP contribution in [0.5, 0.6) is 0 Å². The third-order valence-corrected chi connectivity index (χ3v) is 7.04. The van der Waals surface area contributed by atoms with E-state index in [9.17, 15) is 8.42 Å². The van der Waals surface area contributed by atoms with E-state index in [2.05, 4.69) is 11.1 Å². The van der Waals surface area contributed by atoms with Crippen LogP contribution in [0.3, 0.4) is 0 Å². The number of nitriles is 1. The first-order valence-electron chi connectivity index (χ1n) is 9.28. The molecule has 1 atom stereocenters. The third kappa shape index (κ3) is 4.24. The lowest BCUT2D eigenvalue weighted by Gasteiger charge is -2.19. The van der Waals surface area contributed by atoms with E-state index in [-0.39, 0.29) is 17.4 Å². The van der Waals surface area contributed by atoms with Crippen LogP contribution < -0.4 is 0 Å². The van der Waals surface area contributed by atoms with Crippen LogP contribution in [0.1, 0.15) is 47.9 Å². The number of fused-ring (bicyclic) bond motifs is 1. The van der Waals surface area contributed by atoms with Gasteiger partial charge in [-0.15, -0.1) is 0 Å². The van der Waals surface area contributed by atoms with Gasteiger partial charge in [-0.1, -0.05) is 42.8 Å². The highest BCUT2D eigenvalue weighted by molar-refractivity contribution is 7.90. The van der Waals surface area contributed by atoms with Gasteiger partial charge in [-0.25, -0.2) is 8.42 Å². The van der Waals surface area contributed by atoms with Crippen LogP contribution in [-0.2, 0) is 15.6 Å². The minimum atomic E-state index is -3.13. The van der Waals surface area contributed by atoms with Crippen molar-refractivity contribution < 1.29 is 8.42 Å². The number of hydrogen-bond acceptors (Lipinski definition) is 3. The van der Waals surface area contributed by atoms with Crippen molar-refractivity contribution in [3.63, 3.8) is 0 Å². The summed E-state index contributed by atoms with van der Waals surface area (Å²) in [6.07, 6.45) is 3.07. The van der Waals surface area contributed by atoms with Crippen molar-refractivity contribution in [1.29, 1.82) is 5.26 Å². The molecule has 28 heavy (non-hydrogen) atoms. The molecule has 6 heteroatoms. The molecule has 0 amide bonds. The predicted octanol–water partition coefficient (Wildman–Crippen LogP) is 5.50. The molecule has 0 spiro atoms. The number of hydrogen-bond donors (Lipinski definition) is 1. The number of para-hydroxylation sites is 1. The fraction of sp³-hybridized carbons (Fsp3) is 0.318. The highest BCUT2D eigenvalue weighted by Gasteiger charge is 2.21. The molecule has 0 aliphatic rings. The molecule has 1 aromatic heterocycles. The summed E-state index contributed by atoms with van der Waals surface area (Å²) in [6, 6.07) is 13.8. The van der Waals surface area contributed by atoms with Crippen molar-refractivity contribution in [2.45, 2.75) is 38.4 Å². The maximum atomic E-state index is 12.1. The zero-order chi connectivity index (χ0) is 20.3. The van der Waals surface area contributed by atoms with Crippen LogP contribution in [0.15, 0.2) is 42.6 Å². The van der Waals surface area contributed by atoms with E-state index in [0.29, 0.717) is 17.9 Å². The van der Waals surface area contributed by atoms with Crippen LogP contribution in [0.2, 0.25) is 5.02 Å². The van der Waals surface area contributed by atoms with E-state index < -0.39 is 9.84 Å². The molecule has 0 aliphatic heterocycles. The van der Waals surface area contributed by atoms with Gasteiger partial charge >= 0.3 is 0 Å². The van der Waals surface area contributed by atoms with E-state index in [1.165, 1.54) is 0 Å². The first-order chi connectivity index (χ1) is 13.4. The smallest absolute Gasteiger partial charge is 0.154 e. The Balaban J connectivity index is 2.12. The van der Waals surface area contributed by atoms with Crippen molar-refractivity contribution in [1.82, 2.24) is 4.98 Å². The first kappa shape index (κ1) is 20.4. The summed E-state index contributed by atoms with van der Waals surface area (Å²) in [5, 5.41) is 10.8. The second kappa shape index (κ2) is 8.38. The molecule has 3 aromatic rings. The number of sulfone groups is 1. The number of nitrogens with one attached hydrogen (secondary N) is 1.